The maximum absolute atomic E-state index is 12.4. The van der Waals surface area contributed by atoms with Gasteiger partial charge in [-0.1, -0.05) is 0 Å². The number of furan rings is 1. The summed E-state index contributed by atoms with van der Waals surface area (Å²) in [6.07, 6.45) is 7.90. The van der Waals surface area contributed by atoms with Gasteiger partial charge in [-0.3, -0.25) is 4.79 Å². The number of rotatable bonds is 3. The van der Waals surface area contributed by atoms with Crippen LogP contribution >= 0.6 is 0 Å². The number of aromatic nitrogens is 2. The molecule has 0 aromatic carbocycles. The van der Waals surface area contributed by atoms with E-state index in [0.29, 0.717) is 23.2 Å². The second-order valence-electron chi connectivity index (χ2n) is 7.02. The fourth-order valence-electron chi connectivity index (χ4n) is 3.94. The first-order chi connectivity index (χ1) is 11.6. The third-order valence-corrected chi connectivity index (χ3v) is 5.32. The Morgan fingerprint density at radius 1 is 1.25 bits per heavy atom. The molecule has 1 saturated heterocycles. The molecule has 0 atom stereocenters. The zero-order valence-electron chi connectivity index (χ0n) is 13.9. The molecule has 1 saturated carbocycles. The Balaban J connectivity index is 1.29. The van der Waals surface area contributed by atoms with E-state index in [0.717, 1.165) is 44.5 Å². The fraction of sp³-hybridized carbons (Fsp3) is 0.500. The lowest BCUT2D eigenvalue weighted by Crippen LogP contribution is -2.52. The average molecular weight is 326 g/mol. The Hall–Kier alpha value is -2.37. The molecule has 24 heavy (non-hydrogen) atoms. The number of nitrogens with zero attached hydrogens (tertiary/aromatic N) is 3. The molecule has 1 spiro atoms. The number of aryl methyl sites for hydroxylation is 1. The lowest BCUT2D eigenvalue weighted by Gasteiger charge is -2.52. The van der Waals surface area contributed by atoms with Gasteiger partial charge in [0.2, 0.25) is 5.95 Å². The number of carbonyl (C=O) groups excluding carboxylic acids is 1. The highest BCUT2D eigenvalue weighted by molar-refractivity contribution is 5.91. The zero-order chi connectivity index (χ0) is 16.6. The van der Waals surface area contributed by atoms with E-state index in [1.165, 1.54) is 0 Å². The molecule has 0 unspecified atom stereocenters. The van der Waals surface area contributed by atoms with Crippen molar-refractivity contribution in [2.75, 3.05) is 18.4 Å². The van der Waals surface area contributed by atoms with Crippen molar-refractivity contribution in [1.29, 1.82) is 0 Å². The molecular weight excluding hydrogens is 304 g/mol. The largest absolute Gasteiger partial charge is 0.456 e. The predicted octanol–water partition coefficient (Wildman–Crippen LogP) is 2.87. The van der Waals surface area contributed by atoms with Crippen LogP contribution in [0.25, 0.3) is 0 Å². The lowest BCUT2D eigenvalue weighted by atomic mass is 9.60. The summed E-state index contributed by atoms with van der Waals surface area (Å²) in [4.78, 5) is 22.8. The molecule has 126 valence electrons. The molecule has 2 fully saturated rings. The van der Waals surface area contributed by atoms with Gasteiger partial charge in [0.1, 0.15) is 5.76 Å². The number of piperidine rings is 1. The van der Waals surface area contributed by atoms with E-state index < -0.39 is 0 Å². The van der Waals surface area contributed by atoms with Crippen molar-refractivity contribution in [3.63, 3.8) is 0 Å². The second kappa shape index (κ2) is 5.92. The van der Waals surface area contributed by atoms with Crippen LogP contribution in [0.3, 0.4) is 0 Å². The van der Waals surface area contributed by atoms with E-state index in [1.807, 2.05) is 24.0 Å². The Labute approximate surface area is 141 Å². The number of amides is 1. The van der Waals surface area contributed by atoms with E-state index in [1.54, 1.807) is 18.5 Å². The quantitative estimate of drug-likeness (QED) is 0.939. The van der Waals surface area contributed by atoms with Crippen LogP contribution in [-0.4, -0.2) is 39.9 Å². The SMILES string of the molecule is Cc1ccc(C(=O)N2CCC3(CC2)CC(Nc2ncccn2)C3)o1. The van der Waals surface area contributed by atoms with Crippen LogP contribution in [0.1, 0.15) is 42.0 Å². The molecule has 1 aliphatic heterocycles. The minimum Gasteiger partial charge on any atom is -0.456 e. The molecule has 1 amide bonds. The van der Waals surface area contributed by atoms with Gasteiger partial charge in [0.25, 0.3) is 5.91 Å². The van der Waals surface area contributed by atoms with Crippen molar-refractivity contribution < 1.29 is 9.21 Å². The number of hydrogen-bond acceptors (Lipinski definition) is 5. The van der Waals surface area contributed by atoms with Gasteiger partial charge in [-0.2, -0.15) is 0 Å². The van der Waals surface area contributed by atoms with Gasteiger partial charge < -0.3 is 14.6 Å². The van der Waals surface area contributed by atoms with E-state index in [2.05, 4.69) is 15.3 Å². The van der Waals surface area contributed by atoms with Gasteiger partial charge in [-0.05, 0) is 56.2 Å². The van der Waals surface area contributed by atoms with Gasteiger partial charge >= 0.3 is 0 Å². The van der Waals surface area contributed by atoms with E-state index >= 15 is 0 Å². The maximum atomic E-state index is 12.4. The Bertz CT molecular complexity index is 712. The summed E-state index contributed by atoms with van der Waals surface area (Å²) in [5.74, 6) is 1.96. The summed E-state index contributed by atoms with van der Waals surface area (Å²) < 4.78 is 5.46. The van der Waals surface area contributed by atoms with Crippen LogP contribution in [0.4, 0.5) is 5.95 Å². The maximum Gasteiger partial charge on any atom is 0.289 e. The minimum absolute atomic E-state index is 0.0182. The molecule has 4 rings (SSSR count). The molecule has 1 aliphatic carbocycles. The monoisotopic (exact) mass is 326 g/mol. The van der Waals surface area contributed by atoms with Crippen molar-refractivity contribution in [1.82, 2.24) is 14.9 Å². The highest BCUT2D eigenvalue weighted by Gasteiger charge is 2.46. The van der Waals surface area contributed by atoms with Gasteiger partial charge in [0.15, 0.2) is 5.76 Å². The van der Waals surface area contributed by atoms with Gasteiger partial charge in [-0.15, -0.1) is 0 Å². The van der Waals surface area contributed by atoms with Crippen molar-refractivity contribution in [3.8, 4) is 0 Å². The Morgan fingerprint density at radius 3 is 2.58 bits per heavy atom. The van der Waals surface area contributed by atoms with Gasteiger partial charge in [0, 0.05) is 31.5 Å². The fourth-order valence-corrected chi connectivity index (χ4v) is 3.94. The number of likely N-dealkylation sites (tertiary alicyclic amines) is 1. The minimum atomic E-state index is 0.0182. The van der Waals surface area contributed by atoms with Crippen molar-refractivity contribution >= 4 is 11.9 Å². The summed E-state index contributed by atoms with van der Waals surface area (Å²) >= 11 is 0. The summed E-state index contributed by atoms with van der Waals surface area (Å²) in [5.41, 5.74) is 0.377. The van der Waals surface area contributed by atoms with Crippen LogP contribution in [0.2, 0.25) is 0 Å². The highest BCUT2D eigenvalue weighted by Crippen LogP contribution is 2.49. The third kappa shape index (κ3) is 2.88. The molecule has 6 nitrogen and oxygen atoms in total. The summed E-state index contributed by atoms with van der Waals surface area (Å²) in [6, 6.07) is 5.88. The van der Waals surface area contributed by atoms with Gasteiger partial charge in [0.05, 0.1) is 0 Å². The number of nitrogens with one attached hydrogen (secondary N) is 1. The van der Waals surface area contributed by atoms with Crippen molar-refractivity contribution in [3.05, 3.63) is 42.1 Å². The molecule has 1 N–H and O–H groups in total. The normalized spacial score (nSPS) is 20.0. The van der Waals surface area contributed by atoms with Crippen molar-refractivity contribution in [2.24, 2.45) is 5.41 Å². The Morgan fingerprint density at radius 2 is 1.96 bits per heavy atom. The summed E-state index contributed by atoms with van der Waals surface area (Å²) in [6.45, 7) is 3.49. The molecule has 3 heterocycles. The molecular formula is C18H22N4O2. The topological polar surface area (TPSA) is 71.3 Å². The summed E-state index contributed by atoms with van der Waals surface area (Å²) in [7, 11) is 0. The zero-order valence-corrected chi connectivity index (χ0v) is 13.9. The molecule has 0 radical (unpaired) electrons. The lowest BCUT2D eigenvalue weighted by molar-refractivity contribution is 0.0202. The number of hydrogen-bond donors (Lipinski definition) is 1. The highest BCUT2D eigenvalue weighted by atomic mass is 16.3. The smallest absolute Gasteiger partial charge is 0.289 e. The van der Waals surface area contributed by atoms with E-state index in [9.17, 15) is 4.79 Å². The van der Waals surface area contributed by atoms with Crippen LogP contribution in [0.5, 0.6) is 0 Å². The first kappa shape index (κ1) is 15.2. The van der Waals surface area contributed by atoms with Gasteiger partial charge in [-0.25, -0.2) is 9.97 Å². The number of carbonyl (C=O) groups is 1. The number of anilines is 1. The first-order valence-electron chi connectivity index (χ1n) is 8.53. The van der Waals surface area contributed by atoms with E-state index in [4.69, 9.17) is 4.42 Å². The van der Waals surface area contributed by atoms with Crippen LogP contribution in [0.15, 0.2) is 35.0 Å². The third-order valence-electron chi connectivity index (χ3n) is 5.32. The standard InChI is InChI=1S/C18H22N4O2/c1-13-3-4-15(24-13)16(23)22-9-5-18(6-10-22)11-14(12-18)21-17-19-7-2-8-20-17/h2-4,7-8,14H,5-6,9-12H2,1H3,(H,19,20,21). The molecule has 6 heteroatoms. The Kier molecular flexibility index (Phi) is 3.75. The average Bonchev–Trinajstić information content (AvgIpc) is 3.01. The van der Waals surface area contributed by atoms with Crippen LogP contribution in [-0.2, 0) is 0 Å². The van der Waals surface area contributed by atoms with Crippen LogP contribution in [0, 0.1) is 12.3 Å². The van der Waals surface area contributed by atoms with E-state index in [-0.39, 0.29) is 5.91 Å². The molecule has 0 bridgehead atoms. The van der Waals surface area contributed by atoms with Crippen molar-refractivity contribution in [2.45, 2.75) is 38.6 Å². The molecule has 2 aliphatic rings. The second-order valence-corrected chi connectivity index (χ2v) is 7.02. The molecule has 2 aromatic rings. The molecule has 2 aromatic heterocycles. The predicted molar refractivity (Wildman–Crippen MR) is 89.7 cm³/mol. The first-order valence-corrected chi connectivity index (χ1v) is 8.53. The summed E-state index contributed by atoms with van der Waals surface area (Å²) in [5, 5.41) is 3.39. The van der Waals surface area contributed by atoms with Crippen LogP contribution < -0.4 is 5.32 Å².